The van der Waals surface area contributed by atoms with Gasteiger partial charge >= 0.3 is 103 Å². The van der Waals surface area contributed by atoms with Gasteiger partial charge in [-0.25, -0.2) is 16.8 Å². The van der Waals surface area contributed by atoms with Crippen molar-refractivity contribution in [2.45, 2.75) is 4.90 Å². The van der Waals surface area contributed by atoms with Crippen LogP contribution in [0.15, 0.2) is 23.1 Å². The maximum Gasteiger partial charge on any atom is 1.00 e. The Morgan fingerprint density at radius 1 is 1.06 bits per heavy atom. The van der Waals surface area contributed by atoms with Crippen LogP contribution in [0.25, 0.3) is 0 Å². The Morgan fingerprint density at radius 3 is 1.94 bits per heavy atom. The van der Waals surface area contributed by atoms with Gasteiger partial charge in [-0.05, 0) is 12.1 Å². The van der Waals surface area contributed by atoms with Crippen LogP contribution in [0, 0.1) is 0 Å². The van der Waals surface area contributed by atoms with Crippen LogP contribution in [-0.2, 0) is 20.5 Å². The second kappa shape index (κ2) is 8.38. The Morgan fingerprint density at radius 2 is 1.56 bits per heavy atom. The van der Waals surface area contributed by atoms with Crippen molar-refractivity contribution in [1.82, 2.24) is 0 Å². The molecule has 1 aromatic rings. The summed E-state index contributed by atoms with van der Waals surface area (Å²) in [6.45, 7) is 0. The molecule has 1 rings (SSSR count). The van der Waals surface area contributed by atoms with Gasteiger partial charge in [0.1, 0.15) is 20.8 Å². The number of benzene rings is 1. The average Bonchev–Trinajstić information content (AvgIpc) is 2.04. The number of hydrogen-bond donors (Lipinski definition) is 1. The van der Waals surface area contributed by atoms with Crippen molar-refractivity contribution in [3.05, 3.63) is 18.2 Å². The summed E-state index contributed by atoms with van der Waals surface area (Å²) in [7, 11) is -10.3. The smallest absolute Gasteiger partial charge is 0.744 e. The average molecular weight is 346 g/mol. The Balaban J connectivity index is 0. The molecule has 0 heterocycles. The maximum absolute atomic E-state index is 10.6. The first-order valence-corrected chi connectivity index (χ1v) is 6.28. The standard InChI is InChI=1S/C6H6O8S2.2K/c7-4-1-2-5(14-16(11,12)13)6(3-4)15(8,9)10;;/h1-3,7H,(H,8,9,10)(H,11,12,13);;/q;2*+1/p-2. The van der Waals surface area contributed by atoms with Gasteiger partial charge < -0.3 is 18.4 Å². The summed E-state index contributed by atoms with van der Waals surface area (Å²) in [6, 6.07) is 2.01. The van der Waals surface area contributed by atoms with E-state index in [9.17, 15) is 25.9 Å². The predicted octanol–water partition coefficient (Wildman–Crippen LogP) is -6.86. The van der Waals surface area contributed by atoms with Gasteiger partial charge in [0.15, 0.2) is 5.75 Å². The quantitative estimate of drug-likeness (QED) is 0.323. The minimum Gasteiger partial charge on any atom is -0.744 e. The maximum atomic E-state index is 10.6. The summed E-state index contributed by atoms with van der Waals surface area (Å²) < 4.78 is 66.4. The molecule has 0 atom stereocenters. The van der Waals surface area contributed by atoms with Gasteiger partial charge in [0.25, 0.3) is 10.4 Å². The SMILES string of the molecule is O=S(=O)([O-])Oc1ccc(O)cc1S(=O)(=O)[O-].[K+].[K+]. The van der Waals surface area contributed by atoms with Gasteiger partial charge in [-0.2, -0.15) is 0 Å². The van der Waals surface area contributed by atoms with Crippen molar-refractivity contribution >= 4 is 20.5 Å². The van der Waals surface area contributed by atoms with Crippen LogP contribution in [0.2, 0.25) is 0 Å². The van der Waals surface area contributed by atoms with E-state index in [1.807, 2.05) is 0 Å². The molecule has 8 nitrogen and oxygen atoms in total. The van der Waals surface area contributed by atoms with Crippen molar-refractivity contribution in [2.75, 3.05) is 0 Å². The number of rotatable bonds is 3. The van der Waals surface area contributed by atoms with Crippen LogP contribution >= 0.6 is 0 Å². The van der Waals surface area contributed by atoms with E-state index < -0.39 is 36.9 Å². The van der Waals surface area contributed by atoms with Crippen LogP contribution < -0.4 is 107 Å². The fourth-order valence-electron chi connectivity index (χ4n) is 0.871. The van der Waals surface area contributed by atoms with E-state index in [-0.39, 0.29) is 103 Å². The number of hydrogen-bond acceptors (Lipinski definition) is 8. The monoisotopic (exact) mass is 346 g/mol. The van der Waals surface area contributed by atoms with E-state index in [1.54, 1.807) is 0 Å². The van der Waals surface area contributed by atoms with Crippen LogP contribution in [0.1, 0.15) is 0 Å². The molecule has 12 heteroatoms. The molecule has 1 N–H and O–H groups in total. The minimum absolute atomic E-state index is 0. The molecule has 0 saturated heterocycles. The molecule has 0 amide bonds. The Bertz CT molecular complexity index is 608. The van der Waals surface area contributed by atoms with E-state index in [1.165, 1.54) is 0 Å². The molecular formula is C6H4K2O8S2. The van der Waals surface area contributed by atoms with Gasteiger partial charge in [0.05, 0.1) is 0 Å². The molecule has 0 radical (unpaired) electrons. The Labute approximate surface area is 189 Å². The molecule has 0 aromatic heterocycles. The van der Waals surface area contributed by atoms with Gasteiger partial charge in [0.2, 0.25) is 0 Å². The molecule has 90 valence electrons. The first kappa shape index (κ1) is 22.2. The van der Waals surface area contributed by atoms with Gasteiger partial charge in [-0.1, -0.05) is 0 Å². The molecule has 1 aromatic carbocycles. The van der Waals surface area contributed by atoms with Gasteiger partial charge in [0, 0.05) is 6.07 Å². The summed E-state index contributed by atoms with van der Waals surface area (Å²) in [5, 5.41) is 8.91. The normalized spacial score (nSPS) is 11.0. The number of phenols is 1. The topological polar surface area (TPSA) is 144 Å². The van der Waals surface area contributed by atoms with E-state index in [4.69, 9.17) is 5.11 Å². The minimum atomic E-state index is -5.21. The molecular weight excluding hydrogens is 342 g/mol. The summed E-state index contributed by atoms with van der Waals surface area (Å²) >= 11 is 0. The van der Waals surface area contributed by atoms with Crippen LogP contribution in [0.4, 0.5) is 0 Å². The summed E-state index contributed by atoms with van der Waals surface area (Å²) in [4.78, 5) is -1.13. The molecule has 0 fully saturated rings. The fraction of sp³-hybridized carbons (Fsp3) is 0. The summed E-state index contributed by atoms with van der Waals surface area (Å²) in [5.74, 6) is -1.55. The molecule has 0 aliphatic heterocycles. The first-order chi connectivity index (χ1) is 7.09. The number of aromatic hydroxyl groups is 1. The Kier molecular flexibility index (Phi) is 10.3. The van der Waals surface area contributed by atoms with Crippen LogP contribution in [0.5, 0.6) is 11.5 Å². The van der Waals surface area contributed by atoms with E-state index >= 15 is 0 Å². The number of phenolic OH excluding ortho intramolecular Hbond substituents is 1. The summed E-state index contributed by atoms with van der Waals surface area (Å²) in [6.07, 6.45) is 0. The predicted molar refractivity (Wildman–Crippen MR) is 46.4 cm³/mol. The molecule has 0 aliphatic carbocycles. The first-order valence-electron chi connectivity index (χ1n) is 3.54. The molecule has 0 unspecified atom stereocenters. The molecule has 0 spiro atoms. The van der Waals surface area contributed by atoms with Crippen LogP contribution in [0.3, 0.4) is 0 Å². The zero-order chi connectivity index (χ0) is 12.6. The fourth-order valence-corrected chi connectivity index (χ4v) is 1.91. The van der Waals surface area contributed by atoms with Crippen molar-refractivity contribution < 1.29 is 138 Å². The van der Waals surface area contributed by atoms with Crippen molar-refractivity contribution in [3.8, 4) is 11.5 Å². The Hall–Kier alpha value is 1.91. The van der Waals surface area contributed by atoms with Crippen molar-refractivity contribution in [1.29, 1.82) is 0 Å². The third kappa shape index (κ3) is 7.63. The molecule has 0 aliphatic rings. The van der Waals surface area contributed by atoms with Gasteiger partial charge in [-0.3, -0.25) is 0 Å². The third-order valence-electron chi connectivity index (χ3n) is 1.39. The second-order valence-electron chi connectivity index (χ2n) is 2.58. The van der Waals surface area contributed by atoms with Crippen molar-refractivity contribution in [3.63, 3.8) is 0 Å². The third-order valence-corrected chi connectivity index (χ3v) is 2.63. The molecule has 18 heavy (non-hydrogen) atoms. The van der Waals surface area contributed by atoms with Gasteiger partial charge in [-0.15, -0.1) is 0 Å². The van der Waals surface area contributed by atoms with E-state index in [0.29, 0.717) is 12.1 Å². The largest absolute Gasteiger partial charge is 1.00 e. The summed E-state index contributed by atoms with van der Waals surface area (Å²) in [5.41, 5.74) is 0. The molecule has 0 bridgehead atoms. The molecule has 0 saturated carbocycles. The van der Waals surface area contributed by atoms with Crippen LogP contribution in [-0.4, -0.2) is 31.0 Å². The zero-order valence-electron chi connectivity index (χ0n) is 9.35. The zero-order valence-corrected chi connectivity index (χ0v) is 17.2. The van der Waals surface area contributed by atoms with E-state index in [0.717, 1.165) is 6.07 Å². The van der Waals surface area contributed by atoms with E-state index in [2.05, 4.69) is 4.18 Å². The second-order valence-corrected chi connectivity index (χ2v) is 4.91. The van der Waals surface area contributed by atoms with Crippen molar-refractivity contribution in [2.24, 2.45) is 0 Å².